The number of thioether (sulfide) groups is 1. The van der Waals surface area contributed by atoms with Gasteiger partial charge in [0.25, 0.3) is 5.91 Å². The van der Waals surface area contributed by atoms with Crippen LogP contribution in [0.5, 0.6) is 5.75 Å². The minimum absolute atomic E-state index is 0. The number of rotatable bonds is 13. The smallest absolute Gasteiger partial charge is 0.548 e. The van der Waals surface area contributed by atoms with Gasteiger partial charge < -0.3 is 20.0 Å². The second-order valence-corrected chi connectivity index (χ2v) is 11.5. The molecule has 4 rings (SSSR count). The number of carboxylic acid groups (broad SMARTS) is 1. The Morgan fingerprint density at radius 2 is 1.84 bits per heavy atom. The van der Waals surface area contributed by atoms with Gasteiger partial charge in [-0.1, -0.05) is 36.4 Å². The van der Waals surface area contributed by atoms with Crippen LogP contribution in [-0.4, -0.2) is 41.5 Å². The molecule has 218 valence electrons. The zero-order valence-corrected chi connectivity index (χ0v) is 25.7. The number of hydrogen-bond acceptors (Lipinski definition) is 7. The molecular formula is C32H29F2LiN2O4S2. The Bertz CT molecular complexity index is 1560. The maximum absolute atomic E-state index is 13.7. The molecule has 1 amide bonds. The number of aromatic nitrogens is 1. The monoisotopic (exact) mass is 614 g/mol. The molecule has 1 heterocycles. The van der Waals surface area contributed by atoms with E-state index in [-0.39, 0.29) is 37.6 Å². The van der Waals surface area contributed by atoms with E-state index in [9.17, 15) is 23.5 Å². The zero-order chi connectivity index (χ0) is 30.1. The van der Waals surface area contributed by atoms with Gasteiger partial charge in [-0.3, -0.25) is 9.78 Å². The molecule has 1 aromatic heterocycles. The topological polar surface area (TPSA) is 91.3 Å². The number of aryl methyl sites for hydroxylation is 1. The van der Waals surface area contributed by atoms with Gasteiger partial charge >= 0.3 is 18.9 Å². The number of hydrogen-bond donors (Lipinski definition) is 1. The van der Waals surface area contributed by atoms with Gasteiger partial charge in [0.1, 0.15) is 24.0 Å². The molecule has 0 fully saturated rings. The number of nitrogens with one attached hydrogen (secondary N) is 1. The van der Waals surface area contributed by atoms with Gasteiger partial charge in [-0.15, -0.1) is 11.3 Å². The summed E-state index contributed by atoms with van der Waals surface area (Å²) < 4.78 is 33.2. The number of benzene rings is 3. The first kappa shape index (κ1) is 34.1. The van der Waals surface area contributed by atoms with E-state index in [0.717, 1.165) is 45.3 Å². The summed E-state index contributed by atoms with van der Waals surface area (Å²) in [4.78, 5) is 30.1. The summed E-state index contributed by atoms with van der Waals surface area (Å²) in [6.07, 6.45) is 6.14. The largest absolute Gasteiger partial charge is 1.00 e. The SMILES string of the molecule is CSCC[C@H](NC(=O)c1ccc(C/C(=C\c2cncs2)COc2cc(F)cc(F)c2)cc1-c1ccccc1C)C(=O)[O-].[Li+]. The molecule has 0 radical (unpaired) electrons. The number of ether oxygens (including phenoxy) is 1. The van der Waals surface area contributed by atoms with Crippen molar-refractivity contribution < 1.29 is 47.1 Å². The Morgan fingerprint density at radius 1 is 1.09 bits per heavy atom. The fourth-order valence-electron chi connectivity index (χ4n) is 4.41. The summed E-state index contributed by atoms with van der Waals surface area (Å²) >= 11 is 2.93. The molecule has 0 aliphatic rings. The molecule has 6 nitrogen and oxygen atoms in total. The first-order valence-corrected chi connectivity index (χ1v) is 15.4. The van der Waals surface area contributed by atoms with E-state index in [4.69, 9.17) is 4.74 Å². The van der Waals surface area contributed by atoms with Crippen molar-refractivity contribution in [1.82, 2.24) is 10.3 Å². The normalized spacial score (nSPS) is 11.9. The molecule has 0 unspecified atom stereocenters. The molecule has 0 spiro atoms. The molecule has 4 aromatic rings. The van der Waals surface area contributed by atoms with Crippen molar-refractivity contribution in [3.63, 3.8) is 0 Å². The number of aliphatic carboxylic acids is 1. The van der Waals surface area contributed by atoms with Crippen LogP contribution in [0.3, 0.4) is 0 Å². The van der Waals surface area contributed by atoms with Crippen LogP contribution < -0.4 is 34.0 Å². The summed E-state index contributed by atoms with van der Waals surface area (Å²) in [6, 6.07) is 14.9. The Labute approximate surface area is 269 Å². The van der Waals surface area contributed by atoms with Gasteiger partial charge in [0.2, 0.25) is 0 Å². The van der Waals surface area contributed by atoms with Gasteiger partial charge in [-0.05, 0) is 71.7 Å². The average molecular weight is 615 g/mol. The van der Waals surface area contributed by atoms with Crippen molar-refractivity contribution in [1.29, 1.82) is 0 Å². The Hall–Kier alpha value is -3.42. The van der Waals surface area contributed by atoms with E-state index in [0.29, 0.717) is 23.3 Å². The minimum atomic E-state index is -1.33. The first-order valence-electron chi connectivity index (χ1n) is 13.1. The molecule has 1 N–H and O–H groups in total. The summed E-state index contributed by atoms with van der Waals surface area (Å²) in [5, 5.41) is 14.3. The standard InChI is InChI=1S/C32H30F2N2O4S2.Li/c1-20-5-3-4-6-27(20)29-13-21(7-8-28(29)31(37)36-30(32(38)39)9-10-41-2)11-22(12-26-17-35-19-42-26)18-40-25-15-23(33)14-24(34)16-25;/h3-8,12-17,19,30H,9-11,18H2,1-2H3,(H,36,37)(H,38,39);/q;+1/p-1/b22-12+;/t30-;/m0./s1. The van der Waals surface area contributed by atoms with Gasteiger partial charge in [0, 0.05) is 34.8 Å². The van der Waals surface area contributed by atoms with Crippen LogP contribution in [0, 0.1) is 18.6 Å². The zero-order valence-electron chi connectivity index (χ0n) is 24.1. The number of nitrogens with zero attached hydrogens (tertiary/aromatic N) is 1. The van der Waals surface area contributed by atoms with Crippen LogP contribution in [-0.2, 0) is 11.2 Å². The fourth-order valence-corrected chi connectivity index (χ4v) is 5.48. The van der Waals surface area contributed by atoms with Crippen LogP contribution in [0.15, 0.2) is 77.9 Å². The van der Waals surface area contributed by atoms with Crippen LogP contribution in [0.4, 0.5) is 8.78 Å². The fraction of sp³-hybridized carbons (Fsp3) is 0.219. The number of carbonyl (C=O) groups excluding carboxylic acids is 2. The van der Waals surface area contributed by atoms with Gasteiger partial charge in [0.05, 0.1) is 17.5 Å². The van der Waals surface area contributed by atoms with Crippen molar-refractivity contribution in [2.24, 2.45) is 0 Å². The third-order valence-electron chi connectivity index (χ3n) is 6.45. The van der Waals surface area contributed by atoms with E-state index in [1.54, 1.807) is 23.8 Å². The molecule has 0 saturated heterocycles. The van der Waals surface area contributed by atoms with Crippen LogP contribution in [0.1, 0.15) is 32.8 Å². The third-order valence-corrected chi connectivity index (χ3v) is 7.82. The summed E-state index contributed by atoms with van der Waals surface area (Å²) in [6.45, 7) is 2.00. The molecule has 0 bridgehead atoms. The van der Waals surface area contributed by atoms with Crippen molar-refractivity contribution in [2.45, 2.75) is 25.8 Å². The van der Waals surface area contributed by atoms with Crippen LogP contribution >= 0.6 is 23.1 Å². The van der Waals surface area contributed by atoms with Crippen LogP contribution in [0.2, 0.25) is 0 Å². The minimum Gasteiger partial charge on any atom is -0.548 e. The quantitative estimate of drug-likeness (QED) is 0.233. The summed E-state index contributed by atoms with van der Waals surface area (Å²) in [7, 11) is 0. The Morgan fingerprint density at radius 3 is 2.49 bits per heavy atom. The van der Waals surface area contributed by atoms with Crippen molar-refractivity contribution in [3.05, 3.63) is 111 Å². The average Bonchev–Trinajstić information content (AvgIpc) is 3.46. The molecule has 0 aliphatic carbocycles. The molecule has 0 saturated carbocycles. The van der Waals surface area contributed by atoms with E-state index >= 15 is 0 Å². The molecule has 43 heavy (non-hydrogen) atoms. The Kier molecular flexibility index (Phi) is 13.0. The predicted octanol–water partition coefficient (Wildman–Crippen LogP) is 2.71. The number of amides is 1. The van der Waals surface area contributed by atoms with Gasteiger partial charge in [-0.2, -0.15) is 11.8 Å². The summed E-state index contributed by atoms with van der Waals surface area (Å²) in [5.74, 6) is -2.68. The second-order valence-electron chi connectivity index (χ2n) is 9.60. The number of carbonyl (C=O) groups is 2. The first-order chi connectivity index (χ1) is 20.2. The van der Waals surface area contributed by atoms with Crippen molar-refractivity contribution in [2.75, 3.05) is 18.6 Å². The molecule has 1 atom stereocenters. The van der Waals surface area contributed by atoms with Crippen LogP contribution in [0.25, 0.3) is 17.2 Å². The molecule has 3 aromatic carbocycles. The summed E-state index contributed by atoms with van der Waals surface area (Å²) in [5.41, 5.74) is 6.13. The second kappa shape index (κ2) is 16.4. The van der Waals surface area contributed by atoms with Crippen molar-refractivity contribution >= 4 is 41.1 Å². The Balaban J connectivity index is 0.00000506. The predicted molar refractivity (Wildman–Crippen MR) is 162 cm³/mol. The molecule has 0 aliphatic heterocycles. The maximum Gasteiger partial charge on any atom is 1.00 e. The van der Waals surface area contributed by atoms with E-state index in [2.05, 4.69) is 10.3 Å². The van der Waals surface area contributed by atoms with E-state index < -0.39 is 29.6 Å². The van der Waals surface area contributed by atoms with Gasteiger partial charge in [0.15, 0.2) is 0 Å². The van der Waals surface area contributed by atoms with E-state index in [1.807, 2.05) is 49.6 Å². The molecular weight excluding hydrogens is 585 g/mol. The third kappa shape index (κ3) is 9.80. The number of halogens is 2. The number of thiazole rings is 1. The molecule has 11 heteroatoms. The van der Waals surface area contributed by atoms with Gasteiger partial charge in [-0.25, -0.2) is 8.78 Å². The van der Waals surface area contributed by atoms with Crippen molar-refractivity contribution in [3.8, 4) is 16.9 Å². The maximum atomic E-state index is 13.7. The number of carboxylic acids is 1. The van der Waals surface area contributed by atoms with E-state index in [1.165, 1.54) is 23.1 Å².